The Morgan fingerprint density at radius 1 is 0.352 bits per heavy atom. The van der Waals surface area contributed by atoms with E-state index in [1.807, 2.05) is 4.90 Å². The van der Waals surface area contributed by atoms with Crippen molar-refractivity contribution in [3.05, 3.63) is 0 Å². The fourth-order valence-corrected chi connectivity index (χ4v) is 22.7. The Labute approximate surface area is 532 Å². The molecule has 0 aromatic heterocycles. The van der Waals surface area contributed by atoms with Crippen molar-refractivity contribution in [3.63, 3.8) is 0 Å². The number of amides is 9. The lowest BCUT2D eigenvalue weighted by Crippen LogP contribution is -2.61. The molecule has 24 heteroatoms. The second-order valence-electron chi connectivity index (χ2n) is 32.2. The molecule has 19 aliphatic rings. The summed E-state index contributed by atoms with van der Waals surface area (Å²) in [7, 11) is 0. The number of imide groups is 3. The fourth-order valence-electron chi connectivity index (χ4n) is 22.7. The van der Waals surface area contributed by atoms with Crippen LogP contribution >= 0.6 is 0 Å². The average Bonchev–Trinajstić information content (AvgIpc) is 1.42. The zero-order valence-electron chi connectivity index (χ0n) is 52.9. The van der Waals surface area contributed by atoms with Gasteiger partial charge in [0.05, 0.1) is 19.6 Å². The van der Waals surface area contributed by atoms with Crippen LogP contribution in [0.2, 0.25) is 0 Å². The van der Waals surface area contributed by atoms with Crippen molar-refractivity contribution < 1.29 is 72.0 Å². The molecule has 19 rings (SSSR count). The Hall–Kier alpha value is -5.88. The number of hydroxylamine groups is 6. The van der Waals surface area contributed by atoms with E-state index in [4.69, 9.17) is 5.73 Å². The highest BCUT2D eigenvalue weighted by molar-refractivity contribution is 6.03. The van der Waals surface area contributed by atoms with Gasteiger partial charge in [0.15, 0.2) is 0 Å². The topological polar surface area (TPSA) is 311 Å². The van der Waals surface area contributed by atoms with Crippen molar-refractivity contribution >= 4 is 71.1 Å². The summed E-state index contributed by atoms with van der Waals surface area (Å²) in [4.78, 5) is 163. The van der Waals surface area contributed by atoms with Crippen LogP contribution in [0.1, 0.15) is 193 Å². The molecule has 0 radical (unpaired) electrons. The van der Waals surface area contributed by atoms with Crippen LogP contribution in [-0.2, 0) is 72.0 Å². The Kier molecular flexibility index (Phi) is 18.1. The predicted molar refractivity (Wildman–Crippen MR) is 320 cm³/mol. The molecule has 498 valence electrons. The van der Waals surface area contributed by atoms with Crippen molar-refractivity contribution in [1.82, 2.24) is 40.9 Å². The third-order valence-corrected chi connectivity index (χ3v) is 24.4. The molecule has 16 bridgehead atoms. The minimum Gasteiger partial charge on any atom is -0.354 e. The molecule has 0 unspecified atom stereocenters. The lowest BCUT2D eigenvalue weighted by atomic mass is 9.49. The largest absolute Gasteiger partial charge is 0.354 e. The van der Waals surface area contributed by atoms with Gasteiger partial charge in [-0.1, -0.05) is 0 Å². The molecule has 0 atom stereocenters. The van der Waals surface area contributed by atoms with E-state index in [0.717, 1.165) is 115 Å². The van der Waals surface area contributed by atoms with Gasteiger partial charge in [0, 0.05) is 57.2 Å². The first-order valence-electron chi connectivity index (χ1n) is 34.7. The van der Waals surface area contributed by atoms with Gasteiger partial charge in [-0.25, -0.2) is 14.4 Å². The number of nitrogens with two attached hydrogens (primary N) is 1. The molecule has 0 aromatic carbocycles. The third kappa shape index (κ3) is 14.6. The molecule has 0 aromatic rings. The van der Waals surface area contributed by atoms with Crippen LogP contribution in [0.3, 0.4) is 0 Å². The molecule has 3 aliphatic heterocycles. The molecule has 9 amide bonds. The van der Waals surface area contributed by atoms with E-state index >= 15 is 0 Å². The van der Waals surface area contributed by atoms with E-state index < -0.39 is 73.0 Å². The predicted octanol–water partition coefficient (Wildman–Crippen LogP) is 4.31. The molecule has 24 nitrogen and oxygen atoms in total. The van der Waals surface area contributed by atoms with Crippen LogP contribution in [0.25, 0.3) is 0 Å². The second kappa shape index (κ2) is 25.8. The number of nitrogens with zero attached hydrogens (tertiary/aromatic N) is 5. The van der Waals surface area contributed by atoms with E-state index in [9.17, 15) is 57.5 Å². The maximum Gasteiger partial charge on any atom is 0.347 e. The summed E-state index contributed by atoms with van der Waals surface area (Å²) in [6.07, 6.45) is 31.4. The molecule has 91 heavy (non-hydrogen) atoms. The van der Waals surface area contributed by atoms with Crippen LogP contribution in [0.15, 0.2) is 0 Å². The van der Waals surface area contributed by atoms with Gasteiger partial charge in [0.25, 0.3) is 35.4 Å². The van der Waals surface area contributed by atoms with Crippen molar-refractivity contribution in [1.29, 1.82) is 0 Å². The SMILES string of the molecule is NCC12CC3CC(CC(C3)C1)C2.O=C(CN(CC(=O)NCC12CC3CC(CC(C3)C1)C2)CC(=O)NC12CC3CC(CC(C3)C1)C2)NCC12CC3CC(CC(C3)C1)C2.O=C(CN(CC(=O)ON1C(=O)CCC1=O)CC(=O)ON1C(=O)CCC1=O)ON1C(=O)CCC1=O. The summed E-state index contributed by atoms with van der Waals surface area (Å²) in [5.74, 6) is 2.36. The molecule has 3 heterocycles. The minimum atomic E-state index is -1.22. The first kappa shape index (κ1) is 63.9. The maximum atomic E-state index is 13.7. The average molecular weight is 1270 g/mol. The first-order valence-corrected chi connectivity index (χ1v) is 34.7. The zero-order valence-corrected chi connectivity index (χ0v) is 52.9. The lowest BCUT2D eigenvalue weighted by molar-refractivity contribution is -0.204. The molecule has 3 saturated heterocycles. The van der Waals surface area contributed by atoms with Crippen molar-refractivity contribution in [3.8, 4) is 0 Å². The Morgan fingerprint density at radius 2 is 0.582 bits per heavy atom. The van der Waals surface area contributed by atoms with Gasteiger partial charge < -0.3 is 36.2 Å². The normalized spacial score (nSPS) is 37.9. The number of carbonyl (C=O) groups excluding carboxylic acids is 12. The summed E-state index contributed by atoms with van der Waals surface area (Å²) in [5, 5.41) is 10.9. The van der Waals surface area contributed by atoms with Crippen LogP contribution in [0, 0.1) is 87.3 Å². The zero-order chi connectivity index (χ0) is 63.6. The first-order chi connectivity index (χ1) is 43.5. The molecular formula is C67H95N9O15. The highest BCUT2D eigenvalue weighted by Gasteiger charge is 2.55. The van der Waals surface area contributed by atoms with Crippen LogP contribution < -0.4 is 21.7 Å². The number of hydrogen-bond donors (Lipinski definition) is 4. The molecule has 5 N–H and O–H groups in total. The van der Waals surface area contributed by atoms with Gasteiger partial charge in [-0.3, -0.25) is 53.0 Å². The number of rotatable bonds is 21. The fraction of sp³-hybridized carbons (Fsp3) is 0.821. The van der Waals surface area contributed by atoms with Gasteiger partial charge in [0.2, 0.25) is 17.7 Å². The van der Waals surface area contributed by atoms with Gasteiger partial charge in [-0.05, 0) is 248 Å². The summed E-state index contributed by atoms with van der Waals surface area (Å²) in [6.45, 7) is 0.285. The summed E-state index contributed by atoms with van der Waals surface area (Å²) >= 11 is 0. The quantitative estimate of drug-likeness (QED) is 0.116. The third-order valence-electron chi connectivity index (χ3n) is 24.4. The van der Waals surface area contributed by atoms with Crippen LogP contribution in [-0.4, -0.2) is 161 Å². The second-order valence-corrected chi connectivity index (χ2v) is 32.2. The van der Waals surface area contributed by atoms with E-state index in [2.05, 4.69) is 30.5 Å². The number of nitrogens with one attached hydrogen (secondary N) is 3. The van der Waals surface area contributed by atoms with Crippen LogP contribution in [0.4, 0.5) is 0 Å². The Morgan fingerprint density at radius 3 is 0.846 bits per heavy atom. The number of hydrogen-bond acceptors (Lipinski definition) is 18. The number of carbonyl (C=O) groups is 12. The van der Waals surface area contributed by atoms with E-state index in [0.29, 0.717) is 5.41 Å². The molecular weight excluding hydrogens is 1170 g/mol. The molecule has 0 spiro atoms. The van der Waals surface area contributed by atoms with E-state index in [1.165, 1.54) is 135 Å². The van der Waals surface area contributed by atoms with Crippen molar-refractivity contribution in [2.24, 2.45) is 93.0 Å². The smallest absolute Gasteiger partial charge is 0.347 e. The van der Waals surface area contributed by atoms with Gasteiger partial charge in [0.1, 0.15) is 19.6 Å². The molecule has 16 saturated carbocycles. The highest BCUT2D eigenvalue weighted by Crippen LogP contribution is 2.62. The standard InChI is InChI=1S/C38H58N4O3.C18H18N4O12.C11H19N/c43-33(39-22-36-10-24-1-25(11-36)3-26(2-24)12-36)19-42(21-35(45)41-38-16-30-7-31(17-38)9-32(8-30)18-38)20-34(44)40-23-37-13-27-4-28(14-37)6-29(5-27)15-37;23-10-1-2-11(24)20(10)32-16(29)7-19(8-17(30)33-21-12(25)3-4-13(21)26)9-18(31)34-22-14(27)5-6-15(22)28;12-7-11-4-8-1-9(5-11)3-10(2-8)6-11/h24-32H,1-23H2,(H,39,43)(H,40,44)(H,41,45);1-9H2;8-10H,1-7,12H2. The van der Waals surface area contributed by atoms with Crippen molar-refractivity contribution in [2.45, 2.75) is 198 Å². The minimum absolute atomic E-state index is 0.000261. The summed E-state index contributed by atoms with van der Waals surface area (Å²) in [5.41, 5.74) is 7.05. The van der Waals surface area contributed by atoms with Crippen molar-refractivity contribution in [2.75, 3.05) is 58.9 Å². The van der Waals surface area contributed by atoms with E-state index in [-0.39, 0.29) is 107 Å². The summed E-state index contributed by atoms with van der Waals surface area (Å²) < 4.78 is 0. The van der Waals surface area contributed by atoms with E-state index in [1.54, 1.807) is 0 Å². The highest BCUT2D eigenvalue weighted by atomic mass is 16.7. The summed E-state index contributed by atoms with van der Waals surface area (Å²) in [6, 6.07) is 0. The van der Waals surface area contributed by atoms with Gasteiger partial charge in [-0.2, -0.15) is 0 Å². The van der Waals surface area contributed by atoms with Gasteiger partial charge >= 0.3 is 17.9 Å². The molecule has 19 fully saturated rings. The van der Waals surface area contributed by atoms with Crippen LogP contribution in [0.5, 0.6) is 0 Å². The maximum absolute atomic E-state index is 13.7. The monoisotopic (exact) mass is 1270 g/mol. The van der Waals surface area contributed by atoms with Gasteiger partial charge in [-0.15, -0.1) is 15.2 Å². The lowest BCUT2D eigenvalue weighted by Gasteiger charge is -2.57. The Bertz CT molecular complexity index is 2570. The Balaban J connectivity index is 0.000000144. The molecule has 16 aliphatic carbocycles.